The SMILES string of the molecule is Cc1ccc(N=c2scc(-c3ccc4c(c3)NC(=O)CO4)n2CCCn2ccnc2)cc1C. The van der Waals surface area contributed by atoms with Gasteiger partial charge in [-0.1, -0.05) is 6.07 Å². The molecule has 3 heterocycles. The second-order valence-electron chi connectivity index (χ2n) is 8.14. The summed E-state index contributed by atoms with van der Waals surface area (Å²) < 4.78 is 9.86. The van der Waals surface area contributed by atoms with Crippen LogP contribution in [0.25, 0.3) is 11.3 Å². The fourth-order valence-corrected chi connectivity index (χ4v) is 4.80. The van der Waals surface area contributed by atoms with Crippen LogP contribution in [0.4, 0.5) is 11.4 Å². The van der Waals surface area contributed by atoms with Crippen molar-refractivity contribution in [3.05, 3.63) is 76.4 Å². The Morgan fingerprint density at radius 3 is 2.88 bits per heavy atom. The maximum Gasteiger partial charge on any atom is 0.262 e. The van der Waals surface area contributed by atoms with Crippen molar-refractivity contribution in [2.75, 3.05) is 11.9 Å². The van der Waals surface area contributed by atoms with Crippen molar-refractivity contribution in [2.24, 2.45) is 4.99 Å². The number of amides is 1. The van der Waals surface area contributed by atoms with Gasteiger partial charge in [0.05, 0.1) is 23.4 Å². The van der Waals surface area contributed by atoms with E-state index >= 15 is 0 Å². The Morgan fingerprint density at radius 1 is 1.15 bits per heavy atom. The van der Waals surface area contributed by atoms with Crippen LogP contribution in [0, 0.1) is 13.8 Å². The maximum atomic E-state index is 11.8. The highest BCUT2D eigenvalue weighted by Gasteiger charge is 2.18. The quantitative estimate of drug-likeness (QED) is 0.455. The summed E-state index contributed by atoms with van der Waals surface area (Å²) >= 11 is 1.62. The van der Waals surface area contributed by atoms with Crippen LogP contribution < -0.4 is 14.9 Å². The third-order valence-electron chi connectivity index (χ3n) is 5.78. The summed E-state index contributed by atoms with van der Waals surface area (Å²) in [6.45, 7) is 5.95. The second kappa shape index (κ2) is 9.07. The van der Waals surface area contributed by atoms with E-state index in [-0.39, 0.29) is 12.5 Å². The number of anilines is 1. The van der Waals surface area contributed by atoms with Crippen LogP contribution in [0.15, 0.2) is 65.5 Å². The van der Waals surface area contributed by atoms with Gasteiger partial charge in [0, 0.05) is 36.4 Å². The van der Waals surface area contributed by atoms with E-state index in [1.54, 1.807) is 17.5 Å². The molecule has 1 aliphatic rings. The van der Waals surface area contributed by atoms with Gasteiger partial charge in [0.15, 0.2) is 11.4 Å². The summed E-state index contributed by atoms with van der Waals surface area (Å²) in [4.78, 5) is 21.8. The van der Waals surface area contributed by atoms with E-state index in [1.807, 2.05) is 30.7 Å². The van der Waals surface area contributed by atoms with Gasteiger partial charge in [0.2, 0.25) is 0 Å². The number of thiazole rings is 1. The van der Waals surface area contributed by atoms with Crippen LogP contribution in [-0.2, 0) is 17.9 Å². The van der Waals surface area contributed by atoms with E-state index in [0.717, 1.165) is 41.3 Å². The molecular weight excluding hydrogens is 434 g/mol. The molecule has 2 aromatic carbocycles. The Labute approximate surface area is 196 Å². The number of fused-ring (bicyclic) bond motifs is 1. The fraction of sp³-hybridized carbons (Fsp3) is 0.240. The molecule has 5 rings (SSSR count). The summed E-state index contributed by atoms with van der Waals surface area (Å²) in [6.07, 6.45) is 6.55. The first-order valence-electron chi connectivity index (χ1n) is 10.9. The molecule has 4 aromatic rings. The molecular formula is C25H25N5O2S. The minimum Gasteiger partial charge on any atom is -0.482 e. The maximum absolute atomic E-state index is 11.8. The highest BCUT2D eigenvalue weighted by molar-refractivity contribution is 7.07. The summed E-state index contributed by atoms with van der Waals surface area (Å²) in [5.74, 6) is 0.559. The Balaban J connectivity index is 1.53. The number of imidazole rings is 1. The Morgan fingerprint density at radius 2 is 2.06 bits per heavy atom. The third-order valence-corrected chi connectivity index (χ3v) is 6.64. The number of rotatable bonds is 6. The van der Waals surface area contributed by atoms with Gasteiger partial charge in [0.25, 0.3) is 5.91 Å². The summed E-state index contributed by atoms with van der Waals surface area (Å²) in [5.41, 5.74) is 6.21. The molecule has 8 heteroatoms. The molecule has 0 saturated carbocycles. The van der Waals surface area contributed by atoms with Gasteiger partial charge >= 0.3 is 0 Å². The topological polar surface area (TPSA) is 73.4 Å². The zero-order valence-electron chi connectivity index (χ0n) is 18.6. The molecule has 0 fully saturated rings. The first-order chi connectivity index (χ1) is 16.1. The third kappa shape index (κ3) is 4.61. The number of carbonyl (C=O) groups is 1. The molecule has 0 saturated heterocycles. The number of hydrogen-bond acceptors (Lipinski definition) is 5. The number of nitrogens with one attached hydrogen (secondary N) is 1. The number of nitrogens with zero attached hydrogens (tertiary/aromatic N) is 4. The van der Waals surface area contributed by atoms with Crippen LogP contribution in [0.3, 0.4) is 0 Å². The van der Waals surface area contributed by atoms with Gasteiger partial charge < -0.3 is 19.2 Å². The molecule has 33 heavy (non-hydrogen) atoms. The number of aromatic nitrogens is 3. The van der Waals surface area contributed by atoms with Crippen molar-refractivity contribution in [3.63, 3.8) is 0 Å². The predicted octanol–water partition coefficient (Wildman–Crippen LogP) is 4.68. The minimum atomic E-state index is -0.136. The summed E-state index contributed by atoms with van der Waals surface area (Å²) in [7, 11) is 0. The average molecular weight is 460 g/mol. The van der Waals surface area contributed by atoms with Gasteiger partial charge in [0.1, 0.15) is 5.75 Å². The zero-order valence-corrected chi connectivity index (χ0v) is 19.4. The first kappa shape index (κ1) is 21.2. The molecule has 0 radical (unpaired) electrons. The molecule has 1 aliphatic heterocycles. The van der Waals surface area contributed by atoms with E-state index in [9.17, 15) is 4.79 Å². The van der Waals surface area contributed by atoms with Crippen LogP contribution >= 0.6 is 11.3 Å². The number of hydrogen-bond donors (Lipinski definition) is 1. The summed E-state index contributed by atoms with van der Waals surface area (Å²) in [6, 6.07) is 12.2. The number of ether oxygens (including phenoxy) is 1. The number of carbonyl (C=O) groups excluding carboxylic acids is 1. The highest BCUT2D eigenvalue weighted by atomic mass is 32.1. The zero-order chi connectivity index (χ0) is 22.8. The molecule has 7 nitrogen and oxygen atoms in total. The largest absolute Gasteiger partial charge is 0.482 e. The van der Waals surface area contributed by atoms with Crippen LogP contribution in [0.2, 0.25) is 0 Å². The second-order valence-corrected chi connectivity index (χ2v) is 8.97. The van der Waals surface area contributed by atoms with Crippen molar-refractivity contribution < 1.29 is 9.53 Å². The van der Waals surface area contributed by atoms with Crippen LogP contribution in [0.5, 0.6) is 5.75 Å². The van der Waals surface area contributed by atoms with Gasteiger partial charge in [-0.05, 0) is 61.7 Å². The standard InChI is InChI=1S/C25H25N5O2S/c1-17-4-6-20(12-18(17)2)27-25-30(10-3-9-29-11-8-26-16-29)22(15-33-25)19-5-7-23-21(13-19)28-24(31)14-32-23/h4-8,11-13,15-16H,3,9-10,14H2,1-2H3,(H,28,31). The predicted molar refractivity (Wildman–Crippen MR) is 130 cm³/mol. The molecule has 168 valence electrons. The molecule has 0 aliphatic carbocycles. The lowest BCUT2D eigenvalue weighted by Crippen LogP contribution is -2.25. The lowest BCUT2D eigenvalue weighted by molar-refractivity contribution is -0.118. The van der Waals surface area contributed by atoms with Crippen LogP contribution in [0.1, 0.15) is 17.5 Å². The smallest absolute Gasteiger partial charge is 0.262 e. The monoisotopic (exact) mass is 459 g/mol. The summed E-state index contributed by atoms with van der Waals surface area (Å²) in [5, 5.41) is 5.04. The Bertz CT molecular complexity index is 1370. The minimum absolute atomic E-state index is 0.0536. The van der Waals surface area contributed by atoms with Crippen LogP contribution in [-0.4, -0.2) is 26.6 Å². The van der Waals surface area contributed by atoms with E-state index < -0.39 is 0 Å². The normalized spacial score (nSPS) is 13.5. The Kier molecular flexibility index (Phi) is 5.83. The fourth-order valence-electron chi connectivity index (χ4n) is 3.84. The number of aryl methyl sites for hydroxylation is 3. The lowest BCUT2D eigenvalue weighted by atomic mass is 10.1. The van der Waals surface area contributed by atoms with E-state index in [0.29, 0.717) is 11.4 Å². The molecule has 1 N–H and O–H groups in total. The lowest BCUT2D eigenvalue weighted by Gasteiger charge is -2.19. The average Bonchev–Trinajstić information content (AvgIpc) is 3.46. The van der Waals surface area contributed by atoms with Crippen molar-refractivity contribution >= 4 is 28.6 Å². The molecule has 0 spiro atoms. The van der Waals surface area contributed by atoms with Gasteiger partial charge in [-0.15, -0.1) is 11.3 Å². The highest BCUT2D eigenvalue weighted by Crippen LogP contribution is 2.33. The van der Waals surface area contributed by atoms with Crippen molar-refractivity contribution in [3.8, 4) is 17.0 Å². The van der Waals surface area contributed by atoms with Crippen molar-refractivity contribution in [2.45, 2.75) is 33.4 Å². The molecule has 1 amide bonds. The molecule has 0 unspecified atom stereocenters. The first-order valence-corrected chi connectivity index (χ1v) is 11.8. The van der Waals surface area contributed by atoms with E-state index in [1.165, 1.54) is 11.1 Å². The Hall–Kier alpha value is -3.65. The van der Waals surface area contributed by atoms with Crippen molar-refractivity contribution in [1.82, 2.24) is 14.1 Å². The molecule has 0 atom stereocenters. The molecule has 2 aromatic heterocycles. The van der Waals surface area contributed by atoms with E-state index in [4.69, 9.17) is 9.73 Å². The molecule has 0 bridgehead atoms. The number of benzene rings is 2. The van der Waals surface area contributed by atoms with E-state index in [2.05, 4.69) is 56.9 Å². The van der Waals surface area contributed by atoms with Crippen molar-refractivity contribution in [1.29, 1.82) is 0 Å². The van der Waals surface area contributed by atoms with Gasteiger partial charge in [-0.25, -0.2) is 9.98 Å². The van der Waals surface area contributed by atoms with Gasteiger partial charge in [-0.2, -0.15) is 0 Å². The van der Waals surface area contributed by atoms with Gasteiger partial charge in [-0.3, -0.25) is 4.79 Å².